The standard InChI is InChI=1S/C17H23N3O3/c18-16(20-13-2-3-13)19-10-17(5-7-21-8-6-17)12-1-4-14-15(9-12)23-11-22-14/h1,4,9,13H,2-3,5-8,10-11H2,(H3,18,19,20). The molecule has 23 heavy (non-hydrogen) atoms. The summed E-state index contributed by atoms with van der Waals surface area (Å²) in [7, 11) is 0. The molecule has 0 atom stereocenters. The van der Waals surface area contributed by atoms with Crippen molar-refractivity contribution in [3.05, 3.63) is 23.8 Å². The third-order valence-electron chi connectivity index (χ3n) is 4.92. The zero-order valence-electron chi connectivity index (χ0n) is 13.2. The molecule has 0 radical (unpaired) electrons. The van der Waals surface area contributed by atoms with Gasteiger partial charge in [0.1, 0.15) is 0 Å². The Morgan fingerprint density at radius 1 is 1.22 bits per heavy atom. The molecule has 3 N–H and O–H groups in total. The lowest BCUT2D eigenvalue weighted by Gasteiger charge is -2.36. The molecule has 0 spiro atoms. The summed E-state index contributed by atoms with van der Waals surface area (Å²) in [4.78, 5) is 4.63. The number of hydrogen-bond acceptors (Lipinski definition) is 4. The summed E-state index contributed by atoms with van der Waals surface area (Å²) in [5.41, 5.74) is 7.21. The van der Waals surface area contributed by atoms with Gasteiger partial charge in [-0.25, -0.2) is 0 Å². The molecule has 6 nitrogen and oxygen atoms in total. The molecule has 2 heterocycles. The van der Waals surface area contributed by atoms with Crippen LogP contribution < -0.4 is 20.5 Å². The number of nitrogens with two attached hydrogens (primary N) is 1. The highest BCUT2D eigenvalue weighted by Gasteiger charge is 2.35. The van der Waals surface area contributed by atoms with Crippen LogP contribution in [-0.2, 0) is 10.2 Å². The highest BCUT2D eigenvalue weighted by atomic mass is 16.7. The average molecular weight is 317 g/mol. The van der Waals surface area contributed by atoms with Crippen LogP contribution in [0.15, 0.2) is 23.2 Å². The second kappa shape index (κ2) is 5.92. The second-order valence-electron chi connectivity index (χ2n) is 6.58. The zero-order chi connectivity index (χ0) is 15.7. The number of nitrogens with zero attached hydrogens (tertiary/aromatic N) is 1. The lowest BCUT2D eigenvalue weighted by atomic mass is 9.74. The highest BCUT2D eigenvalue weighted by Crippen LogP contribution is 2.41. The van der Waals surface area contributed by atoms with Gasteiger partial charge in [0.2, 0.25) is 6.79 Å². The van der Waals surface area contributed by atoms with Crippen molar-refractivity contribution in [2.75, 3.05) is 26.6 Å². The number of aliphatic imine (C=N–C) groups is 1. The Hall–Kier alpha value is -1.95. The Morgan fingerprint density at radius 3 is 2.78 bits per heavy atom. The molecular weight excluding hydrogens is 294 g/mol. The number of guanidine groups is 1. The maximum absolute atomic E-state index is 6.02. The molecule has 4 rings (SSSR count). The summed E-state index contributed by atoms with van der Waals surface area (Å²) in [5.74, 6) is 2.19. The smallest absolute Gasteiger partial charge is 0.231 e. The molecule has 6 heteroatoms. The Morgan fingerprint density at radius 2 is 2.00 bits per heavy atom. The van der Waals surface area contributed by atoms with Gasteiger partial charge in [-0.2, -0.15) is 0 Å². The Bertz CT molecular complexity index is 607. The van der Waals surface area contributed by atoms with Crippen molar-refractivity contribution in [3.63, 3.8) is 0 Å². The van der Waals surface area contributed by atoms with Crippen LogP contribution >= 0.6 is 0 Å². The van der Waals surface area contributed by atoms with Crippen LogP contribution in [0.2, 0.25) is 0 Å². The molecule has 0 aromatic heterocycles. The van der Waals surface area contributed by atoms with Gasteiger partial charge in [0.25, 0.3) is 0 Å². The summed E-state index contributed by atoms with van der Waals surface area (Å²) in [6.45, 7) is 2.46. The largest absolute Gasteiger partial charge is 0.454 e. The van der Waals surface area contributed by atoms with E-state index in [0.717, 1.165) is 37.6 Å². The first-order valence-corrected chi connectivity index (χ1v) is 8.30. The first-order chi connectivity index (χ1) is 11.3. The van der Waals surface area contributed by atoms with E-state index < -0.39 is 0 Å². The molecule has 1 aromatic carbocycles. The molecule has 1 saturated carbocycles. The van der Waals surface area contributed by atoms with Gasteiger partial charge in [-0.1, -0.05) is 6.07 Å². The topological polar surface area (TPSA) is 78.1 Å². The van der Waals surface area contributed by atoms with E-state index in [4.69, 9.17) is 19.9 Å². The Balaban J connectivity index is 1.57. The minimum absolute atomic E-state index is 0.0465. The van der Waals surface area contributed by atoms with E-state index in [1.54, 1.807) is 0 Å². The Labute approximate surface area is 136 Å². The van der Waals surface area contributed by atoms with Gasteiger partial charge >= 0.3 is 0 Å². The van der Waals surface area contributed by atoms with Gasteiger partial charge in [0.15, 0.2) is 17.5 Å². The first-order valence-electron chi connectivity index (χ1n) is 8.30. The summed E-state index contributed by atoms with van der Waals surface area (Å²) < 4.78 is 16.5. The van der Waals surface area contributed by atoms with Gasteiger partial charge in [0.05, 0.1) is 6.54 Å². The van der Waals surface area contributed by atoms with Crippen molar-refractivity contribution in [2.24, 2.45) is 10.7 Å². The van der Waals surface area contributed by atoms with E-state index in [2.05, 4.69) is 22.4 Å². The predicted molar refractivity (Wildman–Crippen MR) is 86.9 cm³/mol. The molecule has 1 aliphatic carbocycles. The molecule has 124 valence electrons. The lowest BCUT2D eigenvalue weighted by Crippen LogP contribution is -2.39. The maximum atomic E-state index is 6.02. The van der Waals surface area contributed by atoms with Crippen LogP contribution in [0.4, 0.5) is 0 Å². The fraction of sp³-hybridized carbons (Fsp3) is 0.588. The number of ether oxygens (including phenoxy) is 3. The SMILES string of the molecule is NC(=NCC1(c2ccc3c(c2)OCO3)CCOCC1)NC1CC1. The fourth-order valence-corrected chi connectivity index (χ4v) is 3.25. The number of fused-ring (bicyclic) bond motifs is 1. The quantitative estimate of drug-likeness (QED) is 0.650. The van der Waals surface area contributed by atoms with Crippen molar-refractivity contribution in [1.29, 1.82) is 0 Å². The van der Waals surface area contributed by atoms with Crippen molar-refractivity contribution < 1.29 is 14.2 Å². The molecule has 2 fully saturated rings. The number of rotatable bonds is 4. The van der Waals surface area contributed by atoms with Crippen molar-refractivity contribution in [1.82, 2.24) is 5.32 Å². The normalized spacial score (nSPS) is 22.9. The predicted octanol–water partition coefficient (Wildman–Crippen LogP) is 1.53. The number of hydrogen-bond donors (Lipinski definition) is 2. The Kier molecular flexibility index (Phi) is 3.77. The first kappa shape index (κ1) is 14.6. The third kappa shape index (κ3) is 3.08. The molecule has 0 unspecified atom stereocenters. The average Bonchev–Trinajstić information content (AvgIpc) is 3.26. The summed E-state index contributed by atoms with van der Waals surface area (Å²) >= 11 is 0. The van der Waals surface area contributed by atoms with E-state index in [1.807, 2.05) is 6.07 Å². The van der Waals surface area contributed by atoms with Gasteiger partial charge in [-0.05, 0) is 43.4 Å². The minimum atomic E-state index is -0.0465. The van der Waals surface area contributed by atoms with Crippen molar-refractivity contribution in [2.45, 2.75) is 37.1 Å². The van der Waals surface area contributed by atoms with E-state index in [-0.39, 0.29) is 5.41 Å². The minimum Gasteiger partial charge on any atom is -0.454 e. The summed E-state index contributed by atoms with van der Waals surface area (Å²) in [6, 6.07) is 6.73. The number of nitrogens with one attached hydrogen (secondary N) is 1. The van der Waals surface area contributed by atoms with E-state index >= 15 is 0 Å². The zero-order valence-corrected chi connectivity index (χ0v) is 13.2. The second-order valence-corrected chi connectivity index (χ2v) is 6.58. The maximum Gasteiger partial charge on any atom is 0.231 e. The van der Waals surface area contributed by atoms with Crippen LogP contribution in [-0.4, -0.2) is 38.6 Å². The van der Waals surface area contributed by atoms with Crippen molar-refractivity contribution >= 4 is 5.96 Å². The third-order valence-corrected chi connectivity index (χ3v) is 4.92. The molecule has 1 saturated heterocycles. The number of benzene rings is 1. The van der Waals surface area contributed by atoms with Crippen LogP contribution in [0.1, 0.15) is 31.2 Å². The van der Waals surface area contributed by atoms with Crippen LogP contribution in [0, 0.1) is 0 Å². The summed E-state index contributed by atoms with van der Waals surface area (Å²) in [6.07, 6.45) is 4.26. The lowest BCUT2D eigenvalue weighted by molar-refractivity contribution is 0.0530. The molecule has 1 aromatic rings. The van der Waals surface area contributed by atoms with E-state index in [1.165, 1.54) is 18.4 Å². The molecule has 0 amide bonds. The van der Waals surface area contributed by atoms with Crippen LogP contribution in [0.3, 0.4) is 0 Å². The van der Waals surface area contributed by atoms with Gasteiger partial charge in [-0.3, -0.25) is 4.99 Å². The highest BCUT2D eigenvalue weighted by molar-refractivity contribution is 5.78. The molecule has 2 aliphatic heterocycles. The molecular formula is C17H23N3O3. The van der Waals surface area contributed by atoms with E-state index in [9.17, 15) is 0 Å². The van der Waals surface area contributed by atoms with Gasteiger partial charge in [0, 0.05) is 24.7 Å². The van der Waals surface area contributed by atoms with Gasteiger partial charge < -0.3 is 25.3 Å². The van der Waals surface area contributed by atoms with Crippen molar-refractivity contribution in [3.8, 4) is 11.5 Å². The monoisotopic (exact) mass is 317 g/mol. The summed E-state index contributed by atoms with van der Waals surface area (Å²) in [5, 5.41) is 3.26. The fourth-order valence-electron chi connectivity index (χ4n) is 3.25. The van der Waals surface area contributed by atoms with Crippen LogP contribution in [0.5, 0.6) is 11.5 Å². The molecule has 3 aliphatic rings. The van der Waals surface area contributed by atoms with Crippen LogP contribution in [0.25, 0.3) is 0 Å². The van der Waals surface area contributed by atoms with E-state index in [0.29, 0.717) is 25.3 Å². The molecule has 0 bridgehead atoms. The van der Waals surface area contributed by atoms with Gasteiger partial charge in [-0.15, -0.1) is 0 Å².